The van der Waals surface area contributed by atoms with Crippen molar-refractivity contribution in [3.8, 4) is 0 Å². The van der Waals surface area contributed by atoms with Gasteiger partial charge in [0.25, 0.3) is 0 Å². The summed E-state index contributed by atoms with van der Waals surface area (Å²) >= 11 is 0. The number of rotatable bonds is 8. The Kier molecular flexibility index (Phi) is 7.96. The highest BCUT2D eigenvalue weighted by Gasteiger charge is 2.08. The fourth-order valence-electron chi connectivity index (χ4n) is 2.95. The zero-order valence-corrected chi connectivity index (χ0v) is 17.1. The Hall–Kier alpha value is -2.92. The maximum atomic E-state index is 11.2. The van der Waals surface area contributed by atoms with Crippen molar-refractivity contribution >= 4 is 34.8 Å². The molecule has 2 N–H and O–H groups in total. The molecular weight excluding hydrogens is 350 g/mol. The Balaban J connectivity index is 2.31. The van der Waals surface area contributed by atoms with Crippen LogP contribution in [0.15, 0.2) is 48.5 Å². The van der Waals surface area contributed by atoms with E-state index < -0.39 is 0 Å². The molecule has 0 aliphatic carbocycles. The van der Waals surface area contributed by atoms with E-state index in [-0.39, 0.29) is 11.8 Å². The van der Waals surface area contributed by atoms with Gasteiger partial charge in [-0.05, 0) is 60.1 Å². The second kappa shape index (κ2) is 10.4. The molecule has 0 unspecified atom stereocenters. The molecule has 2 aromatic rings. The van der Waals surface area contributed by atoms with Crippen LogP contribution in [0.1, 0.15) is 38.8 Å². The van der Waals surface area contributed by atoms with Gasteiger partial charge in [0.15, 0.2) is 0 Å². The van der Waals surface area contributed by atoms with Crippen molar-refractivity contribution in [1.29, 1.82) is 0 Å². The van der Waals surface area contributed by atoms with Crippen LogP contribution in [0.4, 0.5) is 11.4 Å². The number of carbonyl (C=O) groups is 2. The molecule has 148 valence electrons. The molecule has 5 heteroatoms. The van der Waals surface area contributed by atoms with Gasteiger partial charge in [0, 0.05) is 31.8 Å². The number of hydrogen-bond acceptors (Lipinski definition) is 3. The molecule has 5 nitrogen and oxygen atoms in total. The smallest absolute Gasteiger partial charge is 0.221 e. The molecule has 0 saturated heterocycles. The lowest BCUT2D eigenvalue weighted by molar-refractivity contribution is -0.115. The molecule has 0 aliphatic heterocycles. The predicted molar refractivity (Wildman–Crippen MR) is 117 cm³/mol. The quantitative estimate of drug-likeness (QED) is 0.665. The van der Waals surface area contributed by atoms with Gasteiger partial charge in [0.05, 0.1) is 0 Å². The number of nitrogens with zero attached hydrogens (tertiary/aromatic N) is 1. The molecule has 0 aliphatic rings. The zero-order valence-electron chi connectivity index (χ0n) is 17.1. The molecule has 0 bridgehead atoms. The summed E-state index contributed by atoms with van der Waals surface area (Å²) in [6.07, 6.45) is 2.17. The van der Waals surface area contributed by atoms with Gasteiger partial charge in [-0.15, -0.1) is 0 Å². The maximum absolute atomic E-state index is 11.2. The number of benzene rings is 2. The van der Waals surface area contributed by atoms with Gasteiger partial charge in [-0.3, -0.25) is 14.5 Å². The first-order chi connectivity index (χ1) is 13.4. The van der Waals surface area contributed by atoms with E-state index in [1.54, 1.807) is 0 Å². The molecule has 2 aromatic carbocycles. The van der Waals surface area contributed by atoms with Crippen LogP contribution in [0.2, 0.25) is 0 Å². The van der Waals surface area contributed by atoms with E-state index in [1.807, 2.05) is 48.5 Å². The average Bonchev–Trinajstić information content (AvgIpc) is 2.66. The van der Waals surface area contributed by atoms with Crippen LogP contribution in [0.5, 0.6) is 0 Å². The van der Waals surface area contributed by atoms with E-state index in [0.717, 1.165) is 42.1 Å². The van der Waals surface area contributed by atoms with E-state index in [9.17, 15) is 9.59 Å². The highest BCUT2D eigenvalue weighted by atomic mass is 16.2. The molecule has 2 amide bonds. The number of amides is 2. The molecule has 0 radical (unpaired) electrons. The van der Waals surface area contributed by atoms with Crippen LogP contribution in [0.25, 0.3) is 11.6 Å². The molecule has 0 spiro atoms. The summed E-state index contributed by atoms with van der Waals surface area (Å²) in [5.41, 5.74) is 4.96. The number of hydrogen-bond donors (Lipinski definition) is 2. The van der Waals surface area contributed by atoms with Crippen molar-refractivity contribution in [2.75, 3.05) is 30.3 Å². The third kappa shape index (κ3) is 6.67. The van der Waals surface area contributed by atoms with Crippen molar-refractivity contribution in [3.63, 3.8) is 0 Å². The number of likely N-dealkylation sites (N-methyl/N-ethyl adjacent to an activating group) is 1. The Bertz CT molecular complexity index is 820. The minimum atomic E-state index is -0.0789. The molecule has 0 atom stereocenters. The summed E-state index contributed by atoms with van der Waals surface area (Å²) in [6.45, 7) is 10.1. The molecule has 0 heterocycles. The summed E-state index contributed by atoms with van der Waals surface area (Å²) in [5, 5.41) is 5.59. The van der Waals surface area contributed by atoms with E-state index in [4.69, 9.17) is 0 Å². The first-order valence-electron chi connectivity index (χ1n) is 9.59. The first-order valence-corrected chi connectivity index (χ1v) is 9.59. The van der Waals surface area contributed by atoms with Gasteiger partial charge in [0.2, 0.25) is 11.8 Å². The van der Waals surface area contributed by atoms with Crippen LogP contribution in [-0.4, -0.2) is 36.3 Å². The Morgan fingerprint density at radius 2 is 1.29 bits per heavy atom. The average molecular weight is 380 g/mol. The van der Waals surface area contributed by atoms with Crippen LogP contribution < -0.4 is 10.6 Å². The van der Waals surface area contributed by atoms with Crippen LogP contribution in [0.3, 0.4) is 0 Å². The van der Waals surface area contributed by atoms with Gasteiger partial charge in [-0.2, -0.15) is 0 Å². The van der Waals surface area contributed by atoms with Gasteiger partial charge in [0.1, 0.15) is 0 Å². The minimum absolute atomic E-state index is 0.0779. The van der Waals surface area contributed by atoms with Gasteiger partial charge in [-0.1, -0.05) is 38.1 Å². The second-order valence-corrected chi connectivity index (χ2v) is 6.69. The van der Waals surface area contributed by atoms with Gasteiger partial charge < -0.3 is 10.6 Å². The molecule has 0 fully saturated rings. The van der Waals surface area contributed by atoms with Crippen LogP contribution in [-0.2, 0) is 9.59 Å². The van der Waals surface area contributed by atoms with Crippen molar-refractivity contribution in [1.82, 2.24) is 4.90 Å². The van der Waals surface area contributed by atoms with E-state index in [2.05, 4.69) is 35.5 Å². The van der Waals surface area contributed by atoms with Gasteiger partial charge in [-0.25, -0.2) is 0 Å². The Morgan fingerprint density at radius 3 is 1.71 bits per heavy atom. The molecule has 28 heavy (non-hydrogen) atoms. The number of nitrogens with one attached hydrogen (secondary N) is 2. The fraction of sp³-hybridized carbons (Fsp3) is 0.304. The minimum Gasteiger partial charge on any atom is -0.326 e. The van der Waals surface area contributed by atoms with Gasteiger partial charge >= 0.3 is 0 Å². The van der Waals surface area contributed by atoms with Crippen molar-refractivity contribution in [3.05, 3.63) is 59.7 Å². The zero-order chi connectivity index (χ0) is 20.5. The summed E-state index contributed by atoms with van der Waals surface area (Å²) in [7, 11) is 0. The van der Waals surface area contributed by atoms with Crippen LogP contribution in [0, 0.1) is 0 Å². The Morgan fingerprint density at radius 1 is 0.821 bits per heavy atom. The molecular formula is C23H29N3O2. The highest BCUT2D eigenvalue weighted by molar-refractivity contribution is 5.90. The monoisotopic (exact) mass is 379 g/mol. The second-order valence-electron chi connectivity index (χ2n) is 6.69. The largest absolute Gasteiger partial charge is 0.326 e. The lowest BCUT2D eigenvalue weighted by atomic mass is 10.0. The Labute approximate surface area is 167 Å². The number of anilines is 2. The summed E-state index contributed by atoms with van der Waals surface area (Å²) in [6, 6.07) is 15.7. The van der Waals surface area contributed by atoms with Crippen molar-refractivity contribution in [2.24, 2.45) is 0 Å². The lowest BCUT2D eigenvalue weighted by Gasteiger charge is -2.21. The third-order valence-electron chi connectivity index (χ3n) is 4.44. The van der Waals surface area contributed by atoms with Crippen molar-refractivity contribution in [2.45, 2.75) is 27.7 Å². The standard InChI is InChI=1S/C23H29N3O2/c1-5-26(6-2)16-21(20-9-13-23(14-10-20)25-18(4)28)15-19-7-11-22(12-8-19)24-17(3)27/h7-15H,5-6,16H2,1-4H3,(H,24,27)(H,25,28). The number of carbonyl (C=O) groups excluding carboxylic acids is 2. The summed E-state index contributed by atoms with van der Waals surface area (Å²) in [4.78, 5) is 24.8. The lowest BCUT2D eigenvalue weighted by Crippen LogP contribution is -2.24. The van der Waals surface area contributed by atoms with Crippen molar-refractivity contribution < 1.29 is 9.59 Å². The van der Waals surface area contributed by atoms with Crippen LogP contribution >= 0.6 is 0 Å². The fourth-order valence-corrected chi connectivity index (χ4v) is 2.95. The maximum Gasteiger partial charge on any atom is 0.221 e. The normalized spacial score (nSPS) is 11.4. The first kappa shape index (κ1) is 21.4. The third-order valence-corrected chi connectivity index (χ3v) is 4.44. The van der Waals surface area contributed by atoms with E-state index >= 15 is 0 Å². The van der Waals surface area contributed by atoms with E-state index in [1.165, 1.54) is 19.4 Å². The molecule has 0 saturated carbocycles. The summed E-state index contributed by atoms with van der Waals surface area (Å²) < 4.78 is 0. The molecule has 2 rings (SSSR count). The SMILES string of the molecule is CCN(CC)CC(=Cc1ccc(NC(C)=O)cc1)c1ccc(NC(C)=O)cc1. The topological polar surface area (TPSA) is 61.4 Å². The predicted octanol–water partition coefficient (Wildman–Crippen LogP) is 4.49. The summed E-state index contributed by atoms with van der Waals surface area (Å²) in [5.74, 6) is -0.157. The molecule has 0 aromatic heterocycles. The highest BCUT2D eigenvalue weighted by Crippen LogP contribution is 2.22. The van der Waals surface area contributed by atoms with E-state index in [0.29, 0.717) is 0 Å².